The number of amides is 1. The fraction of sp³-hybridized carbons (Fsp3) is 0.385. The molecule has 1 N–H and O–H groups in total. The molecule has 0 aliphatic heterocycles. The molecule has 0 radical (unpaired) electrons. The lowest BCUT2D eigenvalue weighted by Gasteiger charge is -2.02. The lowest BCUT2D eigenvalue weighted by atomic mass is 10.2. The molecule has 104 valence electrons. The van der Waals surface area contributed by atoms with Gasteiger partial charge in [-0.05, 0) is 48.2 Å². The number of nitrogens with one attached hydrogen (secondary N) is 1. The number of rotatable bonds is 5. The molecule has 1 amide bonds. The third kappa shape index (κ3) is 3.33. The van der Waals surface area contributed by atoms with Gasteiger partial charge in [0.05, 0.1) is 0 Å². The summed E-state index contributed by atoms with van der Waals surface area (Å²) in [4.78, 5) is 13.0. The van der Waals surface area contributed by atoms with Crippen LogP contribution in [0.1, 0.15) is 12.8 Å². The number of carbonyl (C=O) groups is 1. The molecule has 0 unspecified atom stereocenters. The number of carbonyl (C=O) groups excluding carboxylic acids is 1. The van der Waals surface area contributed by atoms with Crippen molar-refractivity contribution in [2.45, 2.75) is 19.4 Å². The van der Waals surface area contributed by atoms with E-state index in [0.717, 1.165) is 12.1 Å². The highest BCUT2D eigenvalue weighted by atomic mass is 35.5. The zero-order valence-electron chi connectivity index (χ0n) is 10.8. The molecule has 7 heteroatoms. The second-order valence-electron chi connectivity index (χ2n) is 4.90. The van der Waals surface area contributed by atoms with Gasteiger partial charge in [0.2, 0.25) is 11.7 Å². The minimum absolute atomic E-state index is 0.0862. The average molecular weight is 292 g/mol. The van der Waals surface area contributed by atoms with E-state index in [4.69, 9.17) is 11.6 Å². The summed E-state index contributed by atoms with van der Waals surface area (Å²) in [6.45, 7) is 0.838. The van der Waals surface area contributed by atoms with Gasteiger partial charge in [0.25, 0.3) is 0 Å². The van der Waals surface area contributed by atoms with Gasteiger partial charge in [0.1, 0.15) is 6.54 Å². The molecule has 1 aliphatic carbocycles. The Kier molecular flexibility index (Phi) is 3.64. The molecule has 6 nitrogen and oxygen atoms in total. The average Bonchev–Trinajstić information content (AvgIpc) is 3.16. The van der Waals surface area contributed by atoms with Crippen LogP contribution in [-0.2, 0) is 11.3 Å². The Morgan fingerprint density at radius 2 is 2.10 bits per heavy atom. The highest BCUT2D eigenvalue weighted by Gasteiger charge is 2.21. The van der Waals surface area contributed by atoms with E-state index in [0.29, 0.717) is 16.8 Å². The Hall–Kier alpha value is -1.95. The number of hydrogen-bond acceptors (Lipinski definition) is 4. The normalized spacial score (nSPS) is 14.2. The minimum atomic E-state index is -0.0862. The van der Waals surface area contributed by atoms with E-state index in [1.165, 1.54) is 17.6 Å². The monoisotopic (exact) mass is 291 g/mol. The topological polar surface area (TPSA) is 72.7 Å². The van der Waals surface area contributed by atoms with Crippen LogP contribution >= 0.6 is 11.6 Å². The molecule has 0 spiro atoms. The summed E-state index contributed by atoms with van der Waals surface area (Å²) in [5.41, 5.74) is 0.819. The molecular formula is C13H14ClN5O. The largest absolute Gasteiger partial charge is 0.354 e. The van der Waals surface area contributed by atoms with E-state index < -0.39 is 0 Å². The van der Waals surface area contributed by atoms with Gasteiger partial charge in [-0.3, -0.25) is 4.79 Å². The van der Waals surface area contributed by atoms with E-state index >= 15 is 0 Å². The van der Waals surface area contributed by atoms with Crippen LogP contribution in [0.5, 0.6) is 0 Å². The molecule has 0 atom stereocenters. The summed E-state index contributed by atoms with van der Waals surface area (Å²) in [5, 5.41) is 15.5. The van der Waals surface area contributed by atoms with Crippen molar-refractivity contribution in [2.75, 3.05) is 6.54 Å². The Morgan fingerprint density at radius 1 is 1.35 bits per heavy atom. The Balaban J connectivity index is 1.60. The van der Waals surface area contributed by atoms with Gasteiger partial charge in [-0.25, -0.2) is 0 Å². The SMILES string of the molecule is O=C(Cn1nnc(-c2ccc(Cl)cc2)n1)NCC1CC1. The van der Waals surface area contributed by atoms with Crippen molar-refractivity contribution in [3.63, 3.8) is 0 Å². The zero-order valence-corrected chi connectivity index (χ0v) is 11.5. The highest BCUT2D eigenvalue weighted by Crippen LogP contribution is 2.27. The molecule has 0 bridgehead atoms. The van der Waals surface area contributed by atoms with E-state index in [2.05, 4.69) is 20.7 Å². The molecule has 1 saturated carbocycles. The third-order valence-corrected chi connectivity index (χ3v) is 3.38. The highest BCUT2D eigenvalue weighted by molar-refractivity contribution is 6.30. The first-order valence-electron chi connectivity index (χ1n) is 6.51. The van der Waals surface area contributed by atoms with E-state index in [-0.39, 0.29) is 12.5 Å². The molecule has 1 aliphatic rings. The summed E-state index contributed by atoms with van der Waals surface area (Å²) >= 11 is 5.82. The first-order chi connectivity index (χ1) is 9.70. The van der Waals surface area contributed by atoms with Crippen molar-refractivity contribution in [1.82, 2.24) is 25.5 Å². The quantitative estimate of drug-likeness (QED) is 0.906. The van der Waals surface area contributed by atoms with Gasteiger partial charge in [0, 0.05) is 17.1 Å². The number of nitrogens with zero attached hydrogens (tertiary/aromatic N) is 4. The lowest BCUT2D eigenvalue weighted by molar-refractivity contribution is -0.122. The van der Waals surface area contributed by atoms with Crippen LogP contribution in [0, 0.1) is 5.92 Å². The van der Waals surface area contributed by atoms with Crippen LogP contribution in [-0.4, -0.2) is 32.7 Å². The molecule has 1 heterocycles. The Labute approximate surface area is 121 Å². The maximum Gasteiger partial charge on any atom is 0.243 e. The number of aromatic nitrogens is 4. The molecule has 3 rings (SSSR count). The first-order valence-corrected chi connectivity index (χ1v) is 6.89. The van der Waals surface area contributed by atoms with Crippen molar-refractivity contribution in [3.05, 3.63) is 29.3 Å². The third-order valence-electron chi connectivity index (χ3n) is 3.13. The minimum Gasteiger partial charge on any atom is -0.354 e. The van der Waals surface area contributed by atoms with E-state index in [1.54, 1.807) is 12.1 Å². The summed E-state index contributed by atoms with van der Waals surface area (Å²) < 4.78 is 0. The van der Waals surface area contributed by atoms with Crippen molar-refractivity contribution in [3.8, 4) is 11.4 Å². The molecule has 1 aromatic carbocycles. The summed E-state index contributed by atoms with van der Waals surface area (Å²) in [5.74, 6) is 1.06. The summed E-state index contributed by atoms with van der Waals surface area (Å²) in [6, 6.07) is 7.16. The first kappa shape index (κ1) is 13.1. The van der Waals surface area contributed by atoms with Crippen molar-refractivity contribution >= 4 is 17.5 Å². The standard InChI is InChI=1S/C13H14ClN5O/c14-11-5-3-10(4-6-11)13-16-18-19(17-13)8-12(20)15-7-9-1-2-9/h3-6,9H,1-2,7-8H2,(H,15,20). The molecule has 0 saturated heterocycles. The van der Waals surface area contributed by atoms with Crippen LogP contribution < -0.4 is 5.32 Å². The number of benzene rings is 1. The molecule has 20 heavy (non-hydrogen) atoms. The van der Waals surface area contributed by atoms with Crippen LogP contribution in [0.4, 0.5) is 0 Å². The summed E-state index contributed by atoms with van der Waals surface area (Å²) in [6.07, 6.45) is 2.42. The number of hydrogen-bond donors (Lipinski definition) is 1. The van der Waals surface area contributed by atoms with E-state index in [9.17, 15) is 4.79 Å². The fourth-order valence-corrected chi connectivity index (χ4v) is 1.92. The Morgan fingerprint density at radius 3 is 2.80 bits per heavy atom. The second kappa shape index (κ2) is 5.58. The molecule has 1 fully saturated rings. The predicted octanol–water partition coefficient (Wildman–Crippen LogP) is 1.52. The molecule has 2 aromatic rings. The second-order valence-corrected chi connectivity index (χ2v) is 5.33. The zero-order chi connectivity index (χ0) is 13.9. The molecular weight excluding hydrogens is 278 g/mol. The van der Waals surface area contributed by atoms with Crippen molar-refractivity contribution in [1.29, 1.82) is 0 Å². The predicted molar refractivity (Wildman–Crippen MR) is 74.0 cm³/mol. The maximum absolute atomic E-state index is 11.7. The van der Waals surface area contributed by atoms with Gasteiger partial charge < -0.3 is 5.32 Å². The number of halogens is 1. The smallest absolute Gasteiger partial charge is 0.243 e. The van der Waals surface area contributed by atoms with Crippen molar-refractivity contribution in [2.24, 2.45) is 5.92 Å². The van der Waals surface area contributed by atoms with Crippen LogP contribution in [0.2, 0.25) is 5.02 Å². The van der Waals surface area contributed by atoms with Gasteiger partial charge in [-0.1, -0.05) is 11.6 Å². The van der Waals surface area contributed by atoms with Gasteiger partial charge >= 0.3 is 0 Å². The number of tetrazole rings is 1. The fourth-order valence-electron chi connectivity index (χ4n) is 1.79. The van der Waals surface area contributed by atoms with E-state index in [1.807, 2.05) is 12.1 Å². The summed E-state index contributed by atoms with van der Waals surface area (Å²) in [7, 11) is 0. The van der Waals surface area contributed by atoms with Crippen LogP contribution in [0.3, 0.4) is 0 Å². The van der Waals surface area contributed by atoms with Gasteiger partial charge in [-0.15, -0.1) is 10.2 Å². The van der Waals surface area contributed by atoms with Gasteiger partial charge in [-0.2, -0.15) is 4.80 Å². The van der Waals surface area contributed by atoms with Crippen LogP contribution in [0.15, 0.2) is 24.3 Å². The van der Waals surface area contributed by atoms with Gasteiger partial charge in [0.15, 0.2) is 0 Å². The molecule has 1 aromatic heterocycles. The van der Waals surface area contributed by atoms with Crippen molar-refractivity contribution < 1.29 is 4.79 Å². The lowest BCUT2D eigenvalue weighted by Crippen LogP contribution is -2.30. The van der Waals surface area contributed by atoms with Crippen LogP contribution in [0.25, 0.3) is 11.4 Å². The maximum atomic E-state index is 11.7. The Bertz CT molecular complexity index is 605.